The molecule has 2 saturated heterocycles. The largest absolute Gasteiger partial charge is 0.460 e. The summed E-state index contributed by atoms with van der Waals surface area (Å²) in [6, 6.07) is 0. The number of hydrogen-bond donors (Lipinski definition) is 5. The maximum absolute atomic E-state index is 12.6. The molecular formula is C20H26O9. The van der Waals surface area contributed by atoms with Crippen LogP contribution in [0.2, 0.25) is 0 Å². The molecule has 2 bridgehead atoms. The minimum Gasteiger partial charge on any atom is -0.460 e. The van der Waals surface area contributed by atoms with Gasteiger partial charge in [-0.05, 0) is 25.3 Å². The number of esters is 1. The lowest BCUT2D eigenvalue weighted by molar-refractivity contribution is -0.375. The Labute approximate surface area is 166 Å². The molecule has 3 aliphatic carbocycles. The number of ether oxygens (including phenoxy) is 2. The molecule has 0 aromatic carbocycles. The van der Waals surface area contributed by atoms with E-state index in [1.807, 2.05) is 0 Å². The van der Waals surface area contributed by atoms with E-state index in [0.717, 1.165) is 0 Å². The molecule has 1 spiro atoms. The molecule has 2 heterocycles. The van der Waals surface area contributed by atoms with Crippen LogP contribution in [0.4, 0.5) is 0 Å². The molecule has 4 fully saturated rings. The molecular weight excluding hydrogens is 384 g/mol. The second kappa shape index (κ2) is 5.27. The van der Waals surface area contributed by atoms with Gasteiger partial charge in [0.15, 0.2) is 17.7 Å². The SMILES string of the molecule is CC1=CC(=O)[C@@H](O)[C@]2(C)[C@H]3[C@]4(O)OC[C@@]35[C@@H](C[C@@H]12)OC(=O)[C@H](O)[C@@]5(O)[C@@H](C)[C@H]4O. The molecule has 5 rings (SSSR count). The molecule has 2 aliphatic heterocycles. The van der Waals surface area contributed by atoms with Crippen molar-refractivity contribution in [2.45, 2.75) is 63.0 Å². The van der Waals surface area contributed by atoms with Crippen molar-refractivity contribution in [3.8, 4) is 0 Å². The third-order valence-electron chi connectivity index (χ3n) is 8.88. The Bertz CT molecular complexity index is 855. The van der Waals surface area contributed by atoms with E-state index >= 15 is 0 Å². The lowest BCUT2D eigenvalue weighted by Crippen LogP contribution is -2.84. The highest BCUT2D eigenvalue weighted by molar-refractivity contribution is 5.96. The number of hydrogen-bond acceptors (Lipinski definition) is 9. The molecule has 2 saturated carbocycles. The molecule has 5 aliphatic rings. The summed E-state index contributed by atoms with van der Waals surface area (Å²) in [5.74, 6) is -6.52. The number of ketones is 1. The van der Waals surface area contributed by atoms with Crippen molar-refractivity contribution in [2.24, 2.45) is 28.6 Å². The average molecular weight is 410 g/mol. The smallest absolute Gasteiger partial charge is 0.338 e. The number of carbonyl (C=O) groups is 2. The zero-order valence-electron chi connectivity index (χ0n) is 16.4. The fraction of sp³-hybridized carbons (Fsp3) is 0.800. The fourth-order valence-corrected chi connectivity index (χ4v) is 7.59. The van der Waals surface area contributed by atoms with Gasteiger partial charge in [-0.1, -0.05) is 19.4 Å². The first-order chi connectivity index (χ1) is 13.4. The predicted octanol–water partition coefficient (Wildman–Crippen LogP) is -1.75. The van der Waals surface area contributed by atoms with E-state index in [-0.39, 0.29) is 13.0 Å². The van der Waals surface area contributed by atoms with Crippen molar-refractivity contribution >= 4 is 11.8 Å². The van der Waals surface area contributed by atoms with Gasteiger partial charge in [-0.2, -0.15) is 0 Å². The van der Waals surface area contributed by atoms with Crippen LogP contribution >= 0.6 is 0 Å². The normalized spacial score (nSPS) is 60.8. The van der Waals surface area contributed by atoms with Gasteiger partial charge >= 0.3 is 5.97 Å². The van der Waals surface area contributed by atoms with Crippen LogP contribution in [-0.4, -0.2) is 79.7 Å². The summed E-state index contributed by atoms with van der Waals surface area (Å²) >= 11 is 0. The number of fused-ring (bicyclic) bond motifs is 1. The number of allylic oxidation sites excluding steroid dienone is 1. The molecule has 0 radical (unpaired) electrons. The Kier molecular flexibility index (Phi) is 3.56. The van der Waals surface area contributed by atoms with Crippen LogP contribution in [-0.2, 0) is 19.1 Å². The van der Waals surface area contributed by atoms with E-state index in [4.69, 9.17) is 9.47 Å². The topological polar surface area (TPSA) is 154 Å². The van der Waals surface area contributed by atoms with Crippen LogP contribution < -0.4 is 0 Å². The standard InChI is InChI=1S/C20H26O9/c1-7-4-10(21)13(23)17(3)9(7)5-11-18-6-28-20(27,16(17)18)12(22)8(2)19(18,26)14(24)15(25)29-11/h4,8-9,11-14,16,22-24,26-27H,5-6H2,1-3H3/t8-,9-,11+,12+,13+,14-,16+,17+,18+,19-,20+/m0/s1. The van der Waals surface area contributed by atoms with Crippen LogP contribution in [0.5, 0.6) is 0 Å². The summed E-state index contributed by atoms with van der Waals surface area (Å²) in [5, 5.41) is 56.0. The Morgan fingerprint density at radius 3 is 2.45 bits per heavy atom. The lowest BCUT2D eigenvalue weighted by atomic mass is 9.36. The van der Waals surface area contributed by atoms with Crippen LogP contribution in [0, 0.1) is 28.6 Å². The highest BCUT2D eigenvalue weighted by Crippen LogP contribution is 2.74. The van der Waals surface area contributed by atoms with E-state index in [0.29, 0.717) is 5.57 Å². The Hall–Kier alpha value is -1.36. The quantitative estimate of drug-likeness (QED) is 0.293. The van der Waals surface area contributed by atoms with E-state index < -0.39 is 76.1 Å². The van der Waals surface area contributed by atoms with Crippen LogP contribution in [0.15, 0.2) is 11.6 Å². The van der Waals surface area contributed by atoms with E-state index in [2.05, 4.69) is 0 Å². The zero-order valence-corrected chi connectivity index (χ0v) is 16.4. The fourth-order valence-electron chi connectivity index (χ4n) is 7.59. The van der Waals surface area contributed by atoms with Gasteiger partial charge < -0.3 is 35.0 Å². The second-order valence-corrected chi connectivity index (χ2v) is 9.75. The first kappa shape index (κ1) is 19.6. The number of rotatable bonds is 0. The first-order valence-electron chi connectivity index (χ1n) is 9.93. The molecule has 9 heteroatoms. The predicted molar refractivity (Wildman–Crippen MR) is 93.8 cm³/mol. The van der Waals surface area contributed by atoms with Gasteiger partial charge in [-0.25, -0.2) is 4.79 Å². The van der Waals surface area contributed by atoms with Crippen LogP contribution in [0.3, 0.4) is 0 Å². The molecule has 0 aromatic rings. The molecule has 5 N–H and O–H groups in total. The molecule has 9 nitrogen and oxygen atoms in total. The highest BCUT2D eigenvalue weighted by Gasteiger charge is 2.87. The number of carbonyl (C=O) groups excluding carboxylic acids is 2. The van der Waals surface area contributed by atoms with Gasteiger partial charge in [0, 0.05) is 17.3 Å². The summed E-state index contributed by atoms with van der Waals surface area (Å²) in [6.45, 7) is 4.49. The summed E-state index contributed by atoms with van der Waals surface area (Å²) < 4.78 is 11.2. The van der Waals surface area contributed by atoms with Gasteiger partial charge in [0.05, 0.1) is 12.0 Å². The molecule has 0 unspecified atom stereocenters. The van der Waals surface area contributed by atoms with Gasteiger partial charge in [0.1, 0.15) is 23.9 Å². The molecule has 0 amide bonds. The van der Waals surface area contributed by atoms with Crippen molar-refractivity contribution in [1.29, 1.82) is 0 Å². The lowest BCUT2D eigenvalue weighted by Gasteiger charge is -2.70. The van der Waals surface area contributed by atoms with Crippen molar-refractivity contribution in [3.63, 3.8) is 0 Å². The maximum atomic E-state index is 12.6. The van der Waals surface area contributed by atoms with Crippen molar-refractivity contribution < 1.29 is 44.6 Å². The Balaban J connectivity index is 1.84. The minimum atomic E-state index is -2.19. The summed E-state index contributed by atoms with van der Waals surface area (Å²) in [5.41, 5.74) is -4.35. The van der Waals surface area contributed by atoms with E-state index in [9.17, 15) is 35.1 Å². The van der Waals surface area contributed by atoms with Crippen LogP contribution in [0.1, 0.15) is 27.2 Å². The average Bonchev–Trinajstić information content (AvgIpc) is 2.98. The van der Waals surface area contributed by atoms with E-state index in [1.54, 1.807) is 13.8 Å². The van der Waals surface area contributed by atoms with Crippen molar-refractivity contribution in [3.05, 3.63) is 11.6 Å². The van der Waals surface area contributed by atoms with Gasteiger partial charge in [0.2, 0.25) is 0 Å². The molecule has 29 heavy (non-hydrogen) atoms. The summed E-state index contributed by atoms with van der Waals surface area (Å²) in [7, 11) is 0. The third-order valence-corrected chi connectivity index (χ3v) is 8.88. The highest BCUT2D eigenvalue weighted by atomic mass is 16.7. The molecule has 11 atom stereocenters. The van der Waals surface area contributed by atoms with E-state index in [1.165, 1.54) is 13.0 Å². The third kappa shape index (κ3) is 1.73. The van der Waals surface area contributed by atoms with Crippen LogP contribution in [0.25, 0.3) is 0 Å². The summed E-state index contributed by atoms with van der Waals surface area (Å²) in [4.78, 5) is 25.0. The van der Waals surface area contributed by atoms with Gasteiger partial charge in [-0.15, -0.1) is 0 Å². The van der Waals surface area contributed by atoms with Crippen molar-refractivity contribution in [2.75, 3.05) is 6.61 Å². The first-order valence-corrected chi connectivity index (χ1v) is 9.93. The Morgan fingerprint density at radius 1 is 1.14 bits per heavy atom. The summed E-state index contributed by atoms with van der Waals surface area (Å²) in [6.07, 6.45) is -4.56. The minimum absolute atomic E-state index is 0.183. The molecule has 160 valence electrons. The monoisotopic (exact) mass is 410 g/mol. The van der Waals surface area contributed by atoms with Crippen molar-refractivity contribution in [1.82, 2.24) is 0 Å². The van der Waals surface area contributed by atoms with Gasteiger partial charge in [-0.3, -0.25) is 4.79 Å². The molecule has 0 aromatic heterocycles. The second-order valence-electron chi connectivity index (χ2n) is 9.75. The Morgan fingerprint density at radius 2 is 1.79 bits per heavy atom. The maximum Gasteiger partial charge on any atom is 0.338 e. The number of aliphatic hydroxyl groups excluding tert-OH is 3. The van der Waals surface area contributed by atoms with Gasteiger partial charge in [0.25, 0.3) is 0 Å². The number of aliphatic hydroxyl groups is 5. The zero-order chi connectivity index (χ0) is 21.3.